The molecule has 0 fully saturated rings. The topological polar surface area (TPSA) is 117 Å². The summed E-state index contributed by atoms with van der Waals surface area (Å²) in [5.41, 5.74) is -0.891. The van der Waals surface area contributed by atoms with E-state index in [1.165, 1.54) is 0 Å². The van der Waals surface area contributed by atoms with Gasteiger partial charge in [-0.25, -0.2) is 0 Å². The zero-order valence-corrected chi connectivity index (χ0v) is 20.6. The van der Waals surface area contributed by atoms with E-state index in [0.717, 1.165) is 33.8 Å². The average molecular weight is 499 g/mol. The molecule has 0 aliphatic heterocycles. The summed E-state index contributed by atoms with van der Waals surface area (Å²) in [6.07, 6.45) is 0. The molecule has 0 radical (unpaired) electrons. The van der Waals surface area contributed by atoms with Gasteiger partial charge in [-0.2, -0.15) is 0 Å². The van der Waals surface area contributed by atoms with Crippen LogP contribution in [0.1, 0.15) is 21.8 Å². The molecule has 2 unspecified atom stereocenters. The fourth-order valence-electron chi connectivity index (χ4n) is 3.89. The van der Waals surface area contributed by atoms with Crippen LogP contribution in [0, 0.1) is 0 Å². The van der Waals surface area contributed by atoms with Gasteiger partial charge in [0, 0.05) is 25.2 Å². The lowest BCUT2D eigenvalue weighted by Gasteiger charge is -2.29. The van der Waals surface area contributed by atoms with E-state index in [1.807, 2.05) is 12.1 Å². The average Bonchev–Trinajstić information content (AvgIpc) is 2.91. The van der Waals surface area contributed by atoms with E-state index in [9.17, 15) is 18.9 Å². The molecule has 184 valence electrons. The van der Waals surface area contributed by atoms with Crippen LogP contribution in [0.5, 0.6) is 0 Å². The third kappa shape index (κ3) is 5.27. The number of benzene rings is 3. The van der Waals surface area contributed by atoms with Crippen LogP contribution in [-0.4, -0.2) is 51.9 Å². The summed E-state index contributed by atoms with van der Waals surface area (Å²) in [5.74, 6) is -3.82. The maximum Gasteiger partial charge on any atom is 0.345 e. The molecule has 35 heavy (non-hydrogen) atoms. The molecule has 0 bridgehead atoms. The first-order valence-electron chi connectivity index (χ1n) is 10.6. The Morgan fingerprint density at radius 3 is 1.97 bits per heavy atom. The highest BCUT2D eigenvalue weighted by atomic mass is 31.2. The van der Waals surface area contributed by atoms with Gasteiger partial charge in [-0.3, -0.25) is 18.9 Å². The second-order valence-corrected chi connectivity index (χ2v) is 9.81. The molecule has 0 aliphatic carbocycles. The van der Waals surface area contributed by atoms with Gasteiger partial charge in [0.05, 0.1) is 19.9 Å². The van der Waals surface area contributed by atoms with E-state index in [0.29, 0.717) is 10.9 Å². The summed E-state index contributed by atoms with van der Waals surface area (Å²) in [5, 5.41) is 4.22. The maximum atomic E-state index is 13.5. The van der Waals surface area contributed by atoms with Gasteiger partial charge in [-0.15, -0.1) is 0 Å². The fourth-order valence-corrected chi connectivity index (χ4v) is 5.50. The SMILES string of the molecule is COC(=O)C(c1ccc2ccccc2c1NC(=O)c1ccccc1)C(C(=O)OC)P(=O)(OC)OC. The number of hydrogen-bond acceptors (Lipinski definition) is 8. The van der Waals surface area contributed by atoms with Crippen LogP contribution < -0.4 is 5.32 Å². The molecule has 3 aromatic carbocycles. The van der Waals surface area contributed by atoms with Crippen molar-refractivity contribution in [1.82, 2.24) is 0 Å². The highest BCUT2D eigenvalue weighted by Crippen LogP contribution is 2.57. The third-order valence-corrected chi connectivity index (χ3v) is 7.84. The van der Waals surface area contributed by atoms with Gasteiger partial charge in [0.15, 0.2) is 5.66 Å². The Balaban J connectivity index is 2.30. The summed E-state index contributed by atoms with van der Waals surface area (Å²) < 4.78 is 33.5. The lowest BCUT2D eigenvalue weighted by atomic mass is 9.90. The monoisotopic (exact) mass is 499 g/mol. The van der Waals surface area contributed by atoms with Crippen molar-refractivity contribution in [2.45, 2.75) is 11.6 Å². The third-order valence-electron chi connectivity index (χ3n) is 5.63. The van der Waals surface area contributed by atoms with Gasteiger partial charge in [0.1, 0.15) is 5.92 Å². The fraction of sp³-hybridized carbons (Fsp3) is 0.240. The Hall–Kier alpha value is -3.52. The summed E-state index contributed by atoms with van der Waals surface area (Å²) in [6.45, 7) is 0. The molecule has 0 aromatic heterocycles. The molecular formula is C25H26NO8P. The number of anilines is 1. The predicted octanol–water partition coefficient (Wildman–Crippen LogP) is 4.38. The second-order valence-electron chi connectivity index (χ2n) is 7.44. The van der Waals surface area contributed by atoms with Crippen molar-refractivity contribution in [2.24, 2.45) is 0 Å². The molecule has 2 atom stereocenters. The van der Waals surface area contributed by atoms with Crippen LogP contribution in [0.2, 0.25) is 0 Å². The van der Waals surface area contributed by atoms with Gasteiger partial charge >= 0.3 is 19.5 Å². The standard InChI is InChI=1S/C25H26NO8P/c1-31-24(28)20(22(25(29)32-2)35(30,33-3)34-4)19-15-14-16-10-8-9-13-18(16)21(19)26-23(27)17-11-6-5-7-12-17/h5-15,20,22H,1-4H3,(H,26,27). The Kier molecular flexibility index (Phi) is 8.40. The van der Waals surface area contributed by atoms with E-state index in [1.54, 1.807) is 54.6 Å². The number of nitrogens with one attached hydrogen (secondary N) is 1. The first kappa shape index (κ1) is 26.1. The van der Waals surface area contributed by atoms with Gasteiger partial charge in [-0.05, 0) is 23.1 Å². The highest BCUT2D eigenvalue weighted by molar-refractivity contribution is 7.55. The summed E-state index contributed by atoms with van der Waals surface area (Å²) in [7, 11) is 0.227. The van der Waals surface area contributed by atoms with Crippen LogP contribution in [0.4, 0.5) is 5.69 Å². The largest absolute Gasteiger partial charge is 0.469 e. The Morgan fingerprint density at radius 2 is 1.37 bits per heavy atom. The minimum atomic E-state index is -4.21. The van der Waals surface area contributed by atoms with Crippen molar-refractivity contribution in [3.63, 3.8) is 0 Å². The highest BCUT2D eigenvalue weighted by Gasteiger charge is 2.51. The minimum absolute atomic E-state index is 0.185. The molecule has 3 rings (SSSR count). The van der Waals surface area contributed by atoms with Gasteiger partial charge in [0.25, 0.3) is 5.91 Å². The molecule has 1 N–H and O–H groups in total. The van der Waals surface area contributed by atoms with E-state index in [-0.39, 0.29) is 11.3 Å². The summed E-state index contributed by atoms with van der Waals surface area (Å²) in [4.78, 5) is 39.1. The van der Waals surface area contributed by atoms with Crippen molar-refractivity contribution in [1.29, 1.82) is 0 Å². The Labute approximate surface area is 202 Å². The minimum Gasteiger partial charge on any atom is -0.469 e. The van der Waals surface area contributed by atoms with Crippen molar-refractivity contribution in [3.05, 3.63) is 77.9 Å². The van der Waals surface area contributed by atoms with Crippen molar-refractivity contribution < 1.29 is 37.5 Å². The van der Waals surface area contributed by atoms with E-state index in [2.05, 4.69) is 5.32 Å². The van der Waals surface area contributed by atoms with Crippen molar-refractivity contribution in [3.8, 4) is 0 Å². The van der Waals surface area contributed by atoms with Gasteiger partial charge < -0.3 is 23.8 Å². The smallest absolute Gasteiger partial charge is 0.345 e. The molecule has 0 aliphatic rings. The van der Waals surface area contributed by atoms with Crippen molar-refractivity contribution in [2.75, 3.05) is 33.8 Å². The molecular weight excluding hydrogens is 473 g/mol. The number of carbonyl (C=O) groups excluding carboxylic acids is 3. The zero-order valence-electron chi connectivity index (χ0n) is 19.7. The number of esters is 2. The number of methoxy groups -OCH3 is 2. The van der Waals surface area contributed by atoms with Gasteiger partial charge in [0.2, 0.25) is 0 Å². The molecule has 10 heteroatoms. The predicted molar refractivity (Wildman–Crippen MR) is 131 cm³/mol. The number of ether oxygens (including phenoxy) is 2. The van der Waals surface area contributed by atoms with Gasteiger partial charge in [-0.1, -0.05) is 54.6 Å². The quantitative estimate of drug-likeness (QED) is 0.341. The van der Waals surface area contributed by atoms with E-state index >= 15 is 0 Å². The molecule has 0 spiro atoms. The zero-order chi connectivity index (χ0) is 25.6. The lowest BCUT2D eigenvalue weighted by molar-refractivity contribution is -0.149. The Morgan fingerprint density at radius 1 is 0.771 bits per heavy atom. The van der Waals surface area contributed by atoms with Crippen LogP contribution in [0.15, 0.2) is 66.7 Å². The van der Waals surface area contributed by atoms with Crippen LogP contribution in [0.3, 0.4) is 0 Å². The number of rotatable bonds is 9. The number of hydrogen-bond donors (Lipinski definition) is 1. The first-order valence-corrected chi connectivity index (χ1v) is 12.2. The summed E-state index contributed by atoms with van der Waals surface area (Å²) in [6, 6.07) is 19.0. The second kappa shape index (κ2) is 11.3. The summed E-state index contributed by atoms with van der Waals surface area (Å²) >= 11 is 0. The number of carbonyl (C=O) groups is 3. The number of fused-ring (bicyclic) bond motifs is 1. The van der Waals surface area contributed by atoms with Crippen LogP contribution >= 0.6 is 7.60 Å². The number of amides is 1. The van der Waals surface area contributed by atoms with Crippen molar-refractivity contribution >= 4 is 41.9 Å². The van der Waals surface area contributed by atoms with E-state index in [4.69, 9.17) is 18.5 Å². The van der Waals surface area contributed by atoms with Crippen LogP contribution in [-0.2, 0) is 32.7 Å². The van der Waals surface area contributed by atoms with E-state index < -0.39 is 37.0 Å². The molecule has 0 saturated heterocycles. The molecule has 0 saturated carbocycles. The molecule has 0 heterocycles. The molecule has 1 amide bonds. The first-order chi connectivity index (χ1) is 16.8. The molecule has 9 nitrogen and oxygen atoms in total. The normalized spacial score (nSPS) is 13.0. The molecule has 3 aromatic rings. The lowest BCUT2D eigenvalue weighted by Crippen LogP contribution is -2.36. The maximum absolute atomic E-state index is 13.5. The van der Waals surface area contributed by atoms with Crippen LogP contribution in [0.25, 0.3) is 10.8 Å². The Bertz CT molecular complexity index is 1270.